The van der Waals surface area contributed by atoms with Crippen molar-refractivity contribution in [3.05, 3.63) is 23.8 Å². The average Bonchev–Trinajstić information content (AvgIpc) is 3.30. The van der Waals surface area contributed by atoms with Gasteiger partial charge in [-0.25, -0.2) is 0 Å². The first-order valence-electron chi connectivity index (χ1n) is 7.00. The van der Waals surface area contributed by atoms with E-state index in [-0.39, 0.29) is 6.10 Å². The number of nitrogens with one attached hydrogen (secondary N) is 1. The first-order valence-corrected chi connectivity index (χ1v) is 7.00. The fraction of sp³-hybridized carbons (Fsp3) is 0.600. The van der Waals surface area contributed by atoms with Gasteiger partial charge in [0.2, 0.25) is 0 Å². The predicted octanol–water partition coefficient (Wildman–Crippen LogP) is 2.14. The van der Waals surface area contributed by atoms with E-state index in [0.717, 1.165) is 49.3 Å². The second-order valence-corrected chi connectivity index (χ2v) is 5.23. The van der Waals surface area contributed by atoms with Crippen LogP contribution in [0, 0.1) is 5.92 Å². The summed E-state index contributed by atoms with van der Waals surface area (Å²) in [6.07, 6.45) is 2.70. The summed E-state index contributed by atoms with van der Waals surface area (Å²) in [5.41, 5.74) is 1.14. The van der Waals surface area contributed by atoms with E-state index in [1.807, 2.05) is 12.1 Å². The van der Waals surface area contributed by atoms with Crippen LogP contribution >= 0.6 is 0 Å². The molecule has 1 unspecified atom stereocenters. The third-order valence-corrected chi connectivity index (χ3v) is 3.66. The molecule has 2 aliphatic rings. The zero-order chi connectivity index (χ0) is 13.1. The molecule has 1 saturated heterocycles. The summed E-state index contributed by atoms with van der Waals surface area (Å²) < 4.78 is 17.0. The third-order valence-electron chi connectivity index (χ3n) is 3.66. The minimum atomic E-state index is 0.111. The van der Waals surface area contributed by atoms with Crippen molar-refractivity contribution in [2.24, 2.45) is 5.92 Å². The van der Waals surface area contributed by atoms with Gasteiger partial charge in [-0.15, -0.1) is 0 Å². The topological polar surface area (TPSA) is 39.7 Å². The van der Waals surface area contributed by atoms with E-state index >= 15 is 0 Å². The molecule has 104 valence electrons. The number of hydrogen-bond acceptors (Lipinski definition) is 4. The molecule has 19 heavy (non-hydrogen) atoms. The van der Waals surface area contributed by atoms with E-state index in [4.69, 9.17) is 14.2 Å². The molecule has 1 aliphatic carbocycles. The molecular weight excluding hydrogens is 242 g/mol. The summed E-state index contributed by atoms with van der Waals surface area (Å²) in [5.74, 6) is 2.38. The van der Waals surface area contributed by atoms with Gasteiger partial charge in [-0.3, -0.25) is 0 Å². The summed E-state index contributed by atoms with van der Waals surface area (Å²) in [4.78, 5) is 0. The normalized spacial score (nSPS) is 23.1. The molecular formula is C15H21NO3. The molecule has 1 N–H and O–H groups in total. The molecule has 3 rings (SSSR count). The Morgan fingerprint density at radius 1 is 1.32 bits per heavy atom. The Hall–Kier alpha value is -1.26. The molecule has 0 bridgehead atoms. The van der Waals surface area contributed by atoms with Crippen molar-refractivity contribution < 1.29 is 14.2 Å². The van der Waals surface area contributed by atoms with Crippen LogP contribution in [0.2, 0.25) is 0 Å². The van der Waals surface area contributed by atoms with Gasteiger partial charge in [-0.05, 0) is 36.5 Å². The van der Waals surface area contributed by atoms with Gasteiger partial charge in [-0.2, -0.15) is 0 Å². The summed E-state index contributed by atoms with van der Waals surface area (Å²) in [5, 5.41) is 3.34. The molecule has 1 heterocycles. The SMILES string of the molecule is COc1cc(C2CNCCO2)ccc1OCC1CC1. The van der Waals surface area contributed by atoms with Crippen LogP contribution in [0.15, 0.2) is 18.2 Å². The van der Waals surface area contributed by atoms with Crippen LogP contribution in [0.1, 0.15) is 24.5 Å². The number of hydrogen-bond donors (Lipinski definition) is 1. The number of methoxy groups -OCH3 is 1. The van der Waals surface area contributed by atoms with Gasteiger partial charge in [0.15, 0.2) is 11.5 Å². The third kappa shape index (κ3) is 3.19. The van der Waals surface area contributed by atoms with Gasteiger partial charge in [0, 0.05) is 13.1 Å². The van der Waals surface area contributed by atoms with E-state index in [9.17, 15) is 0 Å². The van der Waals surface area contributed by atoms with Crippen molar-refractivity contribution >= 4 is 0 Å². The molecule has 4 heteroatoms. The Bertz CT molecular complexity index is 425. The molecule has 0 aromatic heterocycles. The summed E-state index contributed by atoms with van der Waals surface area (Å²) in [6, 6.07) is 6.09. The van der Waals surface area contributed by atoms with Crippen LogP contribution < -0.4 is 14.8 Å². The van der Waals surface area contributed by atoms with Crippen molar-refractivity contribution in [1.29, 1.82) is 0 Å². The number of ether oxygens (including phenoxy) is 3. The summed E-state index contributed by atoms with van der Waals surface area (Å²) in [6.45, 7) is 3.34. The predicted molar refractivity (Wildman–Crippen MR) is 72.8 cm³/mol. The van der Waals surface area contributed by atoms with Crippen LogP contribution in [-0.4, -0.2) is 33.4 Å². The molecule has 1 aliphatic heterocycles. The maximum Gasteiger partial charge on any atom is 0.161 e. The van der Waals surface area contributed by atoms with Gasteiger partial charge in [0.25, 0.3) is 0 Å². The number of benzene rings is 1. The minimum absolute atomic E-state index is 0.111. The standard InChI is InChI=1S/C15H21NO3/c1-17-14-8-12(15-9-16-6-7-18-15)4-5-13(14)19-10-11-2-3-11/h4-5,8,11,15-16H,2-3,6-7,9-10H2,1H3. The fourth-order valence-corrected chi connectivity index (χ4v) is 2.28. The van der Waals surface area contributed by atoms with E-state index in [1.54, 1.807) is 7.11 Å². The van der Waals surface area contributed by atoms with Gasteiger partial charge >= 0.3 is 0 Å². The molecule has 0 radical (unpaired) electrons. The second kappa shape index (κ2) is 5.80. The lowest BCUT2D eigenvalue weighted by Crippen LogP contribution is -2.33. The lowest BCUT2D eigenvalue weighted by molar-refractivity contribution is 0.0275. The molecule has 1 aromatic rings. The first-order chi connectivity index (χ1) is 9.36. The summed E-state index contributed by atoms with van der Waals surface area (Å²) in [7, 11) is 1.68. The maximum absolute atomic E-state index is 5.81. The smallest absolute Gasteiger partial charge is 0.161 e. The monoisotopic (exact) mass is 263 g/mol. The van der Waals surface area contributed by atoms with Crippen molar-refractivity contribution in [3.63, 3.8) is 0 Å². The largest absolute Gasteiger partial charge is 0.493 e. The minimum Gasteiger partial charge on any atom is -0.493 e. The van der Waals surface area contributed by atoms with Crippen LogP contribution in [0.25, 0.3) is 0 Å². The van der Waals surface area contributed by atoms with Crippen molar-refractivity contribution in [2.75, 3.05) is 33.4 Å². The number of morpholine rings is 1. The molecule has 1 saturated carbocycles. The highest BCUT2D eigenvalue weighted by atomic mass is 16.5. The van der Waals surface area contributed by atoms with E-state index in [2.05, 4.69) is 11.4 Å². The highest BCUT2D eigenvalue weighted by Gasteiger charge is 2.23. The van der Waals surface area contributed by atoms with Gasteiger partial charge in [0.1, 0.15) is 0 Å². The molecule has 1 aromatic carbocycles. The van der Waals surface area contributed by atoms with E-state index in [0.29, 0.717) is 0 Å². The van der Waals surface area contributed by atoms with Gasteiger partial charge < -0.3 is 19.5 Å². The highest BCUT2D eigenvalue weighted by Crippen LogP contribution is 2.34. The first kappa shape index (κ1) is 12.8. The Morgan fingerprint density at radius 3 is 2.89 bits per heavy atom. The molecule has 1 atom stereocenters. The quantitative estimate of drug-likeness (QED) is 0.883. The average molecular weight is 263 g/mol. The van der Waals surface area contributed by atoms with Crippen LogP contribution in [-0.2, 0) is 4.74 Å². The van der Waals surface area contributed by atoms with Crippen LogP contribution in [0.5, 0.6) is 11.5 Å². The van der Waals surface area contributed by atoms with Crippen LogP contribution in [0.4, 0.5) is 0 Å². The number of rotatable bonds is 5. The van der Waals surface area contributed by atoms with Gasteiger partial charge in [0.05, 0.1) is 26.4 Å². The fourth-order valence-electron chi connectivity index (χ4n) is 2.28. The molecule has 0 spiro atoms. The maximum atomic E-state index is 5.81. The van der Waals surface area contributed by atoms with Crippen molar-refractivity contribution in [3.8, 4) is 11.5 Å². The van der Waals surface area contributed by atoms with Crippen molar-refractivity contribution in [1.82, 2.24) is 5.32 Å². The molecule has 2 fully saturated rings. The Kier molecular flexibility index (Phi) is 3.89. The Labute approximate surface area is 114 Å². The van der Waals surface area contributed by atoms with Crippen LogP contribution in [0.3, 0.4) is 0 Å². The molecule has 0 amide bonds. The molecule has 4 nitrogen and oxygen atoms in total. The van der Waals surface area contributed by atoms with E-state index < -0.39 is 0 Å². The van der Waals surface area contributed by atoms with Crippen molar-refractivity contribution in [2.45, 2.75) is 18.9 Å². The zero-order valence-electron chi connectivity index (χ0n) is 11.4. The lowest BCUT2D eigenvalue weighted by Gasteiger charge is -2.24. The Morgan fingerprint density at radius 2 is 2.21 bits per heavy atom. The zero-order valence-corrected chi connectivity index (χ0v) is 11.4. The second-order valence-electron chi connectivity index (χ2n) is 5.23. The highest BCUT2D eigenvalue weighted by molar-refractivity contribution is 5.43. The van der Waals surface area contributed by atoms with Gasteiger partial charge in [-0.1, -0.05) is 6.07 Å². The van der Waals surface area contributed by atoms with E-state index in [1.165, 1.54) is 12.8 Å². The lowest BCUT2D eigenvalue weighted by atomic mass is 10.1. The summed E-state index contributed by atoms with van der Waals surface area (Å²) >= 11 is 0. The Balaban J connectivity index is 1.71.